The van der Waals surface area contributed by atoms with Gasteiger partial charge in [0.2, 0.25) is 10.0 Å². The molecule has 0 bridgehead atoms. The van der Waals surface area contributed by atoms with Crippen LogP contribution in [0.3, 0.4) is 0 Å². The van der Waals surface area contributed by atoms with Crippen molar-refractivity contribution in [3.05, 3.63) is 59.4 Å². The summed E-state index contributed by atoms with van der Waals surface area (Å²) in [7, 11) is -3.85. The van der Waals surface area contributed by atoms with Gasteiger partial charge in [0.05, 0.1) is 36.3 Å². The van der Waals surface area contributed by atoms with Crippen LogP contribution in [0.15, 0.2) is 42.6 Å². The summed E-state index contributed by atoms with van der Waals surface area (Å²) in [4.78, 5) is 15.9. The predicted molar refractivity (Wildman–Crippen MR) is 112 cm³/mol. The Kier molecular flexibility index (Phi) is 9.22. The molecule has 0 aliphatic carbocycles. The summed E-state index contributed by atoms with van der Waals surface area (Å²) in [6, 6.07) is 9.90. The summed E-state index contributed by atoms with van der Waals surface area (Å²) in [6.07, 6.45) is 2.83. The lowest BCUT2D eigenvalue weighted by atomic mass is 10.1. The molecule has 1 atom stereocenters. The first-order valence-corrected chi connectivity index (χ1v) is 11.5. The Labute approximate surface area is 177 Å². The van der Waals surface area contributed by atoms with E-state index < -0.39 is 22.0 Å². The first kappa shape index (κ1) is 23.8. The van der Waals surface area contributed by atoms with Crippen molar-refractivity contribution in [2.24, 2.45) is 0 Å². The standard InChI is InChI=1S/C21H28N2O6S/c1-2-3-12-29-19-10-7-16(8-11-19)20(25)5-4-13-30(27,28)23-21(26)17-6-9-18(15-24)22-14-17/h6-11,14,20,24-25H,2-5,12-13,15H2,1H3,(H,23,26). The lowest BCUT2D eigenvalue weighted by molar-refractivity contribution is 0.0981. The summed E-state index contributed by atoms with van der Waals surface area (Å²) in [5, 5.41) is 19.2. The van der Waals surface area contributed by atoms with Gasteiger partial charge in [-0.15, -0.1) is 0 Å². The fraction of sp³-hybridized carbons (Fsp3) is 0.429. The second-order valence-corrected chi connectivity index (χ2v) is 8.72. The number of aromatic nitrogens is 1. The van der Waals surface area contributed by atoms with E-state index in [0.717, 1.165) is 18.6 Å². The van der Waals surface area contributed by atoms with E-state index >= 15 is 0 Å². The molecule has 2 rings (SSSR count). The molecule has 2 aromatic rings. The molecular weight excluding hydrogens is 408 g/mol. The summed E-state index contributed by atoms with van der Waals surface area (Å²) in [5.41, 5.74) is 1.13. The highest BCUT2D eigenvalue weighted by Gasteiger charge is 2.17. The maximum absolute atomic E-state index is 12.1. The number of unbranched alkanes of at least 4 members (excludes halogenated alkanes) is 1. The molecule has 0 fully saturated rings. The first-order valence-electron chi connectivity index (χ1n) is 9.86. The van der Waals surface area contributed by atoms with Crippen LogP contribution in [-0.2, 0) is 16.6 Å². The zero-order valence-electron chi connectivity index (χ0n) is 17.0. The fourth-order valence-corrected chi connectivity index (χ4v) is 3.71. The number of aliphatic hydroxyl groups is 2. The number of hydrogen-bond donors (Lipinski definition) is 3. The summed E-state index contributed by atoms with van der Waals surface area (Å²) >= 11 is 0. The zero-order valence-corrected chi connectivity index (χ0v) is 17.8. The first-order chi connectivity index (χ1) is 14.3. The van der Waals surface area contributed by atoms with E-state index in [2.05, 4.69) is 11.9 Å². The maximum Gasteiger partial charge on any atom is 0.266 e. The normalized spacial score (nSPS) is 12.4. The number of carbonyl (C=O) groups excluding carboxylic acids is 1. The van der Waals surface area contributed by atoms with Gasteiger partial charge >= 0.3 is 0 Å². The van der Waals surface area contributed by atoms with Crippen LogP contribution in [0, 0.1) is 0 Å². The average molecular weight is 437 g/mol. The Morgan fingerprint density at radius 3 is 2.50 bits per heavy atom. The van der Waals surface area contributed by atoms with Crippen molar-refractivity contribution in [2.75, 3.05) is 12.4 Å². The minimum atomic E-state index is -3.85. The minimum absolute atomic E-state index is 0.0806. The van der Waals surface area contributed by atoms with Crippen LogP contribution in [0.5, 0.6) is 5.75 Å². The van der Waals surface area contributed by atoms with Gasteiger partial charge in [-0.25, -0.2) is 13.1 Å². The second-order valence-electron chi connectivity index (χ2n) is 6.88. The largest absolute Gasteiger partial charge is 0.494 e. The molecule has 0 radical (unpaired) electrons. The number of carbonyl (C=O) groups is 1. The van der Waals surface area contributed by atoms with Gasteiger partial charge in [-0.1, -0.05) is 25.5 Å². The second kappa shape index (κ2) is 11.6. The molecule has 1 aromatic heterocycles. The van der Waals surface area contributed by atoms with Crippen LogP contribution < -0.4 is 9.46 Å². The Balaban J connectivity index is 1.80. The van der Waals surface area contributed by atoms with Crippen LogP contribution in [0.2, 0.25) is 0 Å². The third kappa shape index (κ3) is 7.74. The predicted octanol–water partition coefficient (Wildman–Crippen LogP) is 2.33. The molecule has 1 amide bonds. The molecule has 0 saturated carbocycles. The molecule has 0 spiro atoms. The third-order valence-corrected chi connectivity index (χ3v) is 5.74. The van der Waals surface area contributed by atoms with Crippen LogP contribution in [-0.4, -0.2) is 41.9 Å². The minimum Gasteiger partial charge on any atom is -0.494 e. The van der Waals surface area contributed by atoms with Crippen LogP contribution in [0.1, 0.15) is 60.3 Å². The number of amides is 1. The van der Waals surface area contributed by atoms with Crippen LogP contribution in [0.4, 0.5) is 0 Å². The summed E-state index contributed by atoms with van der Waals surface area (Å²) < 4.78 is 31.8. The van der Waals surface area contributed by atoms with Crippen molar-refractivity contribution in [3.8, 4) is 5.75 Å². The maximum atomic E-state index is 12.1. The van der Waals surface area contributed by atoms with Crippen LogP contribution >= 0.6 is 0 Å². The number of nitrogens with zero attached hydrogens (tertiary/aromatic N) is 1. The molecule has 3 N–H and O–H groups in total. The highest BCUT2D eigenvalue weighted by Crippen LogP contribution is 2.21. The lowest BCUT2D eigenvalue weighted by Gasteiger charge is -2.13. The number of aliphatic hydroxyl groups excluding tert-OH is 2. The molecule has 1 unspecified atom stereocenters. The zero-order chi connectivity index (χ0) is 22.0. The Morgan fingerprint density at radius 1 is 1.17 bits per heavy atom. The van der Waals surface area contributed by atoms with Gasteiger partial charge in [0.25, 0.3) is 5.91 Å². The van der Waals surface area contributed by atoms with Gasteiger partial charge in [-0.2, -0.15) is 0 Å². The molecule has 30 heavy (non-hydrogen) atoms. The Hall–Kier alpha value is -2.49. The number of hydrogen-bond acceptors (Lipinski definition) is 7. The number of ether oxygens (including phenoxy) is 1. The van der Waals surface area contributed by atoms with Crippen LogP contribution in [0.25, 0.3) is 0 Å². The highest BCUT2D eigenvalue weighted by atomic mass is 32.2. The number of benzene rings is 1. The smallest absolute Gasteiger partial charge is 0.266 e. The van der Waals surface area contributed by atoms with Crippen molar-refractivity contribution < 1.29 is 28.2 Å². The van der Waals surface area contributed by atoms with Gasteiger partial charge in [0.15, 0.2) is 0 Å². The van der Waals surface area contributed by atoms with Gasteiger partial charge < -0.3 is 14.9 Å². The van der Waals surface area contributed by atoms with E-state index in [4.69, 9.17) is 9.84 Å². The monoisotopic (exact) mass is 436 g/mol. The molecule has 8 nitrogen and oxygen atoms in total. The van der Waals surface area contributed by atoms with E-state index in [1.165, 1.54) is 18.3 Å². The third-order valence-electron chi connectivity index (χ3n) is 4.42. The number of nitrogens with one attached hydrogen (secondary N) is 1. The van der Waals surface area contributed by atoms with E-state index in [1.54, 1.807) is 24.3 Å². The fourth-order valence-electron chi connectivity index (χ4n) is 2.66. The topological polar surface area (TPSA) is 126 Å². The van der Waals surface area contributed by atoms with Crippen molar-refractivity contribution in [3.63, 3.8) is 0 Å². The van der Waals surface area contributed by atoms with Gasteiger partial charge in [-0.05, 0) is 49.1 Å². The lowest BCUT2D eigenvalue weighted by Crippen LogP contribution is -2.32. The molecule has 1 heterocycles. The molecule has 0 saturated heterocycles. The number of rotatable bonds is 12. The molecule has 0 aliphatic heterocycles. The Morgan fingerprint density at radius 2 is 1.90 bits per heavy atom. The van der Waals surface area contributed by atoms with Gasteiger partial charge in [-0.3, -0.25) is 9.78 Å². The molecule has 0 aliphatic rings. The summed E-state index contributed by atoms with van der Waals surface area (Å²) in [5.74, 6) is -0.353. The molecule has 9 heteroatoms. The van der Waals surface area contributed by atoms with E-state index in [9.17, 15) is 18.3 Å². The van der Waals surface area contributed by atoms with Gasteiger partial charge in [0.1, 0.15) is 5.75 Å². The summed E-state index contributed by atoms with van der Waals surface area (Å²) in [6.45, 7) is 2.46. The van der Waals surface area contributed by atoms with Crippen molar-refractivity contribution in [2.45, 2.75) is 45.3 Å². The number of sulfonamides is 1. The molecule has 1 aromatic carbocycles. The van der Waals surface area contributed by atoms with E-state index in [1.807, 2.05) is 4.72 Å². The SMILES string of the molecule is CCCCOc1ccc(C(O)CCCS(=O)(=O)NC(=O)c2ccc(CO)nc2)cc1. The molecule has 164 valence electrons. The van der Waals surface area contributed by atoms with Gasteiger partial charge in [0, 0.05) is 6.20 Å². The van der Waals surface area contributed by atoms with Crippen molar-refractivity contribution in [1.29, 1.82) is 0 Å². The highest BCUT2D eigenvalue weighted by molar-refractivity contribution is 7.90. The molecular formula is C21H28N2O6S. The van der Waals surface area contributed by atoms with Crippen molar-refractivity contribution in [1.82, 2.24) is 9.71 Å². The Bertz CT molecular complexity index is 898. The van der Waals surface area contributed by atoms with Crippen molar-refractivity contribution >= 4 is 15.9 Å². The van der Waals surface area contributed by atoms with E-state index in [-0.39, 0.29) is 30.8 Å². The average Bonchev–Trinajstić information content (AvgIpc) is 2.74. The van der Waals surface area contributed by atoms with E-state index in [0.29, 0.717) is 17.9 Å². The quantitative estimate of drug-likeness (QED) is 0.436. The number of pyridine rings is 1.